The molecule has 1 fully saturated rings. The summed E-state index contributed by atoms with van der Waals surface area (Å²) < 4.78 is 7.46. The number of aromatic nitrogens is 4. The van der Waals surface area contributed by atoms with Gasteiger partial charge in [-0.05, 0) is 13.0 Å². The van der Waals surface area contributed by atoms with E-state index < -0.39 is 18.4 Å². The highest BCUT2D eigenvalue weighted by Gasteiger charge is 2.36. The summed E-state index contributed by atoms with van der Waals surface area (Å²) >= 11 is 0. The van der Waals surface area contributed by atoms with Crippen molar-refractivity contribution >= 4 is 23.1 Å². The predicted octanol–water partition coefficient (Wildman–Crippen LogP) is 0.0823. The minimum Gasteiger partial charge on any atom is -0.394 e. The van der Waals surface area contributed by atoms with Gasteiger partial charge in [0.25, 0.3) is 0 Å². The number of aliphatic hydroxyl groups is 2. The highest BCUT2D eigenvalue weighted by atomic mass is 16.5. The van der Waals surface area contributed by atoms with Crippen LogP contribution in [0.4, 0.5) is 5.82 Å². The molecule has 112 valence electrons. The largest absolute Gasteiger partial charge is 0.394 e. The van der Waals surface area contributed by atoms with Gasteiger partial charge in [0.05, 0.1) is 12.7 Å². The smallest absolute Gasteiger partial charge is 0.168 e. The number of ether oxygens (including phenoxy) is 1. The molecule has 0 saturated carbocycles. The van der Waals surface area contributed by atoms with Crippen molar-refractivity contribution in [3.05, 3.63) is 18.2 Å². The predicted molar refractivity (Wildman–Crippen MR) is 76.1 cm³/mol. The van der Waals surface area contributed by atoms with Gasteiger partial charge >= 0.3 is 0 Å². The van der Waals surface area contributed by atoms with Gasteiger partial charge in [0.1, 0.15) is 24.5 Å². The summed E-state index contributed by atoms with van der Waals surface area (Å²) in [6, 6.07) is 0. The van der Waals surface area contributed by atoms with E-state index in [2.05, 4.69) is 15.0 Å². The highest BCUT2D eigenvalue weighted by molar-refractivity contribution is 5.83. The lowest BCUT2D eigenvalue weighted by Gasteiger charge is -2.15. The van der Waals surface area contributed by atoms with Gasteiger partial charge in [-0.2, -0.15) is 0 Å². The first-order valence-corrected chi connectivity index (χ1v) is 6.71. The molecule has 3 atom stereocenters. The van der Waals surface area contributed by atoms with Crippen LogP contribution in [-0.2, 0) is 4.74 Å². The second-order valence-corrected chi connectivity index (χ2v) is 4.89. The number of hydrogen-bond acceptors (Lipinski definition) is 7. The number of nitrogens with two attached hydrogens (primary N) is 1. The third-order valence-corrected chi connectivity index (χ3v) is 3.52. The van der Waals surface area contributed by atoms with E-state index in [1.807, 2.05) is 19.1 Å². The Balaban J connectivity index is 2.12. The molecular formula is C13H17N5O3. The first-order valence-electron chi connectivity index (χ1n) is 6.71. The molecule has 0 amide bonds. The fraction of sp³-hybridized carbons (Fsp3) is 0.462. The topological polar surface area (TPSA) is 119 Å². The Bertz CT molecular complexity index is 684. The first kappa shape index (κ1) is 13.9. The van der Waals surface area contributed by atoms with Crippen molar-refractivity contribution in [1.82, 2.24) is 19.5 Å². The summed E-state index contributed by atoms with van der Waals surface area (Å²) in [7, 11) is 0. The summed E-state index contributed by atoms with van der Waals surface area (Å²) in [5.41, 5.74) is 6.88. The number of anilines is 1. The van der Waals surface area contributed by atoms with Crippen LogP contribution in [0.1, 0.15) is 25.4 Å². The Hall–Kier alpha value is -2.03. The van der Waals surface area contributed by atoms with E-state index in [0.29, 0.717) is 29.2 Å². The molecule has 3 rings (SSSR count). The number of fused-ring (bicyclic) bond motifs is 1. The van der Waals surface area contributed by atoms with Crippen molar-refractivity contribution in [2.24, 2.45) is 0 Å². The van der Waals surface area contributed by atoms with Crippen LogP contribution in [0.5, 0.6) is 0 Å². The molecule has 0 spiro atoms. The van der Waals surface area contributed by atoms with Crippen molar-refractivity contribution in [1.29, 1.82) is 0 Å². The Morgan fingerprint density at radius 3 is 3.00 bits per heavy atom. The lowest BCUT2D eigenvalue weighted by atomic mass is 10.2. The molecule has 0 aromatic carbocycles. The molecule has 1 aliphatic heterocycles. The quantitative estimate of drug-likeness (QED) is 0.732. The number of aliphatic hydroxyl groups excluding tert-OH is 2. The number of rotatable bonds is 3. The Morgan fingerprint density at radius 2 is 2.33 bits per heavy atom. The summed E-state index contributed by atoms with van der Waals surface area (Å²) in [4.78, 5) is 12.6. The number of nitrogen functional groups attached to an aromatic ring is 1. The summed E-state index contributed by atoms with van der Waals surface area (Å²) in [6.45, 7) is 1.64. The van der Waals surface area contributed by atoms with Crippen molar-refractivity contribution in [2.75, 3.05) is 12.3 Å². The molecule has 2 aromatic heterocycles. The summed E-state index contributed by atoms with van der Waals surface area (Å²) in [5.74, 6) is 0.914. The lowest BCUT2D eigenvalue weighted by Crippen LogP contribution is -2.24. The van der Waals surface area contributed by atoms with Gasteiger partial charge in [0.15, 0.2) is 17.0 Å². The van der Waals surface area contributed by atoms with E-state index in [1.54, 1.807) is 4.57 Å². The van der Waals surface area contributed by atoms with Crippen LogP contribution in [-0.4, -0.2) is 48.5 Å². The molecule has 3 heterocycles. The van der Waals surface area contributed by atoms with Crippen molar-refractivity contribution in [3.63, 3.8) is 0 Å². The van der Waals surface area contributed by atoms with Crippen LogP contribution in [0.25, 0.3) is 17.2 Å². The molecule has 1 aliphatic rings. The van der Waals surface area contributed by atoms with E-state index >= 15 is 0 Å². The molecule has 2 aromatic rings. The van der Waals surface area contributed by atoms with Gasteiger partial charge < -0.3 is 20.7 Å². The van der Waals surface area contributed by atoms with Crippen LogP contribution in [0, 0.1) is 0 Å². The number of allylic oxidation sites excluding steroid dienone is 1. The molecule has 21 heavy (non-hydrogen) atoms. The Kier molecular flexibility index (Phi) is 3.58. The standard InChI is InChI=1S/C13H17N5O3/c1-2-3-9-17-11-12(14)15-6-16-13(11)18(9)10-4-7(20)8(5-19)21-10/h2-3,6-8,10,19-20H,4-5H2,1H3,(H2,14,15,16)/b3-2-/t7-,8+,10+/m0/s1. The second-order valence-electron chi connectivity index (χ2n) is 4.89. The van der Waals surface area contributed by atoms with E-state index in [-0.39, 0.29) is 6.61 Å². The van der Waals surface area contributed by atoms with Crippen molar-refractivity contribution < 1.29 is 14.9 Å². The van der Waals surface area contributed by atoms with Crippen molar-refractivity contribution in [3.8, 4) is 0 Å². The van der Waals surface area contributed by atoms with E-state index in [9.17, 15) is 10.2 Å². The normalized spacial score (nSPS) is 26.1. The average molecular weight is 291 g/mol. The fourth-order valence-electron chi connectivity index (χ4n) is 2.53. The monoisotopic (exact) mass is 291 g/mol. The maximum Gasteiger partial charge on any atom is 0.168 e. The zero-order valence-electron chi connectivity index (χ0n) is 11.5. The van der Waals surface area contributed by atoms with Crippen LogP contribution < -0.4 is 5.73 Å². The Morgan fingerprint density at radius 1 is 1.52 bits per heavy atom. The lowest BCUT2D eigenvalue weighted by molar-refractivity contribution is -0.0434. The molecule has 4 N–H and O–H groups in total. The zero-order valence-corrected chi connectivity index (χ0v) is 11.5. The number of hydrogen-bond donors (Lipinski definition) is 3. The minimum absolute atomic E-state index is 0.236. The van der Waals surface area contributed by atoms with Gasteiger partial charge in [-0.15, -0.1) is 0 Å². The summed E-state index contributed by atoms with van der Waals surface area (Å²) in [5, 5.41) is 19.1. The number of imidazole rings is 1. The molecule has 0 radical (unpaired) electrons. The highest BCUT2D eigenvalue weighted by Crippen LogP contribution is 2.33. The fourth-order valence-corrected chi connectivity index (χ4v) is 2.53. The van der Waals surface area contributed by atoms with E-state index in [0.717, 1.165) is 0 Å². The molecule has 0 aliphatic carbocycles. The second kappa shape index (κ2) is 5.40. The Labute approximate surface area is 120 Å². The molecule has 0 unspecified atom stereocenters. The molecule has 1 saturated heterocycles. The van der Waals surface area contributed by atoms with E-state index in [4.69, 9.17) is 10.5 Å². The van der Waals surface area contributed by atoms with Gasteiger partial charge in [0, 0.05) is 6.42 Å². The van der Waals surface area contributed by atoms with Gasteiger partial charge in [-0.1, -0.05) is 6.08 Å². The van der Waals surface area contributed by atoms with Gasteiger partial charge in [0.2, 0.25) is 0 Å². The van der Waals surface area contributed by atoms with Crippen molar-refractivity contribution in [2.45, 2.75) is 31.8 Å². The third-order valence-electron chi connectivity index (χ3n) is 3.52. The van der Waals surface area contributed by atoms with Gasteiger partial charge in [-0.3, -0.25) is 4.57 Å². The third kappa shape index (κ3) is 2.27. The molecular weight excluding hydrogens is 274 g/mol. The first-order chi connectivity index (χ1) is 10.2. The average Bonchev–Trinajstić information content (AvgIpc) is 3.00. The maximum absolute atomic E-state index is 9.91. The maximum atomic E-state index is 9.91. The SMILES string of the molecule is C/C=C\c1nc2c(N)ncnc2n1[C@H]1C[C@H](O)[C@@H](CO)O1. The number of nitrogens with zero attached hydrogens (tertiary/aromatic N) is 4. The zero-order chi connectivity index (χ0) is 15.0. The van der Waals surface area contributed by atoms with E-state index in [1.165, 1.54) is 6.33 Å². The summed E-state index contributed by atoms with van der Waals surface area (Å²) in [6.07, 6.45) is 3.58. The molecule has 0 bridgehead atoms. The van der Waals surface area contributed by atoms with Crippen LogP contribution in [0.3, 0.4) is 0 Å². The minimum atomic E-state index is -0.727. The van der Waals surface area contributed by atoms with Crippen LogP contribution >= 0.6 is 0 Å². The van der Waals surface area contributed by atoms with Gasteiger partial charge in [-0.25, -0.2) is 15.0 Å². The molecule has 8 heteroatoms. The van der Waals surface area contributed by atoms with Crippen LogP contribution in [0.2, 0.25) is 0 Å². The molecule has 8 nitrogen and oxygen atoms in total. The van der Waals surface area contributed by atoms with Crippen LogP contribution in [0.15, 0.2) is 12.4 Å².